The average Bonchev–Trinajstić information content (AvgIpc) is 2.23. The fourth-order valence-corrected chi connectivity index (χ4v) is 1.58. The maximum atomic E-state index is 8.60. The third kappa shape index (κ3) is 4.21. The van der Waals surface area contributed by atoms with Crippen molar-refractivity contribution < 1.29 is 0 Å². The van der Waals surface area contributed by atoms with Gasteiger partial charge in [-0.1, -0.05) is 17.7 Å². The van der Waals surface area contributed by atoms with E-state index in [1.165, 1.54) is 0 Å². The van der Waals surface area contributed by atoms with Crippen molar-refractivity contribution in [1.82, 2.24) is 5.32 Å². The van der Waals surface area contributed by atoms with Crippen molar-refractivity contribution in [2.75, 3.05) is 6.54 Å². The lowest BCUT2D eigenvalue weighted by Crippen LogP contribution is -2.19. The number of hydrogen-bond donors (Lipinski definition) is 1. The molecule has 0 aliphatic rings. The summed E-state index contributed by atoms with van der Waals surface area (Å²) < 4.78 is 0.901. The van der Waals surface area contributed by atoms with Crippen LogP contribution in [0, 0.1) is 17.2 Å². The molecule has 0 saturated heterocycles. The van der Waals surface area contributed by atoms with Crippen LogP contribution in [0.15, 0.2) is 22.7 Å². The Bertz CT molecular complexity index is 373. The summed E-state index contributed by atoms with van der Waals surface area (Å²) in [6.07, 6.45) is 0. The molecule has 0 bridgehead atoms. The second-order valence-electron chi connectivity index (χ2n) is 3.41. The van der Waals surface area contributed by atoms with Gasteiger partial charge in [0.05, 0.1) is 17.0 Å². The van der Waals surface area contributed by atoms with Crippen molar-refractivity contribution in [1.29, 1.82) is 5.26 Å². The Kier molecular flexibility index (Phi) is 5.10. The summed E-state index contributed by atoms with van der Waals surface area (Å²) in [5.74, 6) is 0.0379. The lowest BCUT2D eigenvalue weighted by molar-refractivity contribution is 0.601. The predicted molar refractivity (Wildman–Crippen MR) is 65.6 cm³/mol. The minimum Gasteiger partial charge on any atom is -0.311 e. The summed E-state index contributed by atoms with van der Waals surface area (Å²) in [5.41, 5.74) is 1.12. The molecule has 0 aliphatic carbocycles. The van der Waals surface area contributed by atoms with Crippen molar-refractivity contribution in [2.24, 2.45) is 5.92 Å². The largest absolute Gasteiger partial charge is 0.311 e. The highest BCUT2D eigenvalue weighted by molar-refractivity contribution is 9.10. The second-order valence-corrected chi connectivity index (χ2v) is 4.67. The molecule has 0 radical (unpaired) electrons. The molecule has 1 aromatic carbocycles. The van der Waals surface area contributed by atoms with Crippen LogP contribution < -0.4 is 5.32 Å². The summed E-state index contributed by atoms with van der Waals surface area (Å²) in [7, 11) is 0. The fourth-order valence-electron chi connectivity index (χ4n) is 1.13. The highest BCUT2D eigenvalue weighted by Gasteiger charge is 2.01. The molecular weight excluding hydrogens is 275 g/mol. The number of benzene rings is 1. The zero-order valence-corrected chi connectivity index (χ0v) is 10.8. The molecule has 1 atom stereocenters. The molecule has 15 heavy (non-hydrogen) atoms. The minimum absolute atomic E-state index is 0.0379. The van der Waals surface area contributed by atoms with Crippen molar-refractivity contribution in [3.63, 3.8) is 0 Å². The summed E-state index contributed by atoms with van der Waals surface area (Å²) in [6, 6.07) is 8.01. The molecule has 0 saturated carbocycles. The van der Waals surface area contributed by atoms with Crippen LogP contribution in [0.3, 0.4) is 0 Å². The van der Waals surface area contributed by atoms with E-state index in [0.717, 1.165) is 16.6 Å². The monoisotopic (exact) mass is 286 g/mol. The Morgan fingerprint density at radius 3 is 2.93 bits per heavy atom. The Balaban J connectivity index is 2.45. The van der Waals surface area contributed by atoms with Gasteiger partial charge in [-0.05, 0) is 40.5 Å². The van der Waals surface area contributed by atoms with Crippen LogP contribution in [0.5, 0.6) is 0 Å². The van der Waals surface area contributed by atoms with Gasteiger partial charge in [0.15, 0.2) is 0 Å². The first-order chi connectivity index (χ1) is 7.13. The first-order valence-electron chi connectivity index (χ1n) is 4.67. The van der Waals surface area contributed by atoms with Crippen LogP contribution in [0.2, 0.25) is 5.02 Å². The molecule has 0 aliphatic heterocycles. The number of rotatable bonds is 4. The van der Waals surface area contributed by atoms with E-state index >= 15 is 0 Å². The first kappa shape index (κ1) is 12.5. The van der Waals surface area contributed by atoms with Gasteiger partial charge in [-0.2, -0.15) is 5.26 Å². The molecule has 2 nitrogen and oxygen atoms in total. The molecule has 0 aromatic heterocycles. The zero-order chi connectivity index (χ0) is 11.3. The van der Waals surface area contributed by atoms with E-state index in [0.29, 0.717) is 11.6 Å². The molecule has 0 fully saturated rings. The second kappa shape index (κ2) is 6.12. The highest BCUT2D eigenvalue weighted by Crippen LogP contribution is 2.22. The minimum atomic E-state index is 0.0379. The van der Waals surface area contributed by atoms with Crippen molar-refractivity contribution in [2.45, 2.75) is 13.5 Å². The number of halogens is 2. The van der Waals surface area contributed by atoms with Gasteiger partial charge in [-0.15, -0.1) is 0 Å². The smallest absolute Gasteiger partial charge is 0.0666 e. The number of hydrogen-bond acceptors (Lipinski definition) is 2. The van der Waals surface area contributed by atoms with Crippen molar-refractivity contribution in [3.8, 4) is 6.07 Å². The molecular formula is C11H12BrClN2. The molecule has 4 heteroatoms. The highest BCUT2D eigenvalue weighted by atomic mass is 79.9. The van der Waals surface area contributed by atoms with Crippen molar-refractivity contribution >= 4 is 27.5 Å². The molecule has 1 rings (SSSR count). The van der Waals surface area contributed by atoms with Gasteiger partial charge >= 0.3 is 0 Å². The van der Waals surface area contributed by atoms with Crippen molar-refractivity contribution in [3.05, 3.63) is 33.3 Å². The SMILES string of the molecule is CC(C#N)CNCc1ccc(Br)c(Cl)c1. The predicted octanol–water partition coefficient (Wildman–Crippen LogP) is 3.35. The molecule has 80 valence electrons. The maximum Gasteiger partial charge on any atom is 0.0666 e. The Labute approximate surface area is 103 Å². The van der Waals surface area contributed by atoms with E-state index in [9.17, 15) is 0 Å². The Morgan fingerprint density at radius 2 is 2.33 bits per heavy atom. The van der Waals surface area contributed by atoms with Crippen LogP contribution >= 0.6 is 27.5 Å². The van der Waals surface area contributed by atoms with E-state index in [4.69, 9.17) is 16.9 Å². The topological polar surface area (TPSA) is 35.8 Å². The van der Waals surface area contributed by atoms with Crippen LogP contribution in [-0.4, -0.2) is 6.54 Å². The molecule has 0 heterocycles. The van der Waals surface area contributed by atoms with E-state index in [2.05, 4.69) is 27.3 Å². The summed E-state index contributed by atoms with van der Waals surface area (Å²) in [5, 5.41) is 12.5. The Morgan fingerprint density at radius 1 is 1.60 bits per heavy atom. The van der Waals surface area contributed by atoms with Crippen LogP contribution in [-0.2, 0) is 6.54 Å². The molecule has 1 aromatic rings. The van der Waals surface area contributed by atoms with Gasteiger partial charge < -0.3 is 5.32 Å². The lowest BCUT2D eigenvalue weighted by Gasteiger charge is -2.06. The summed E-state index contributed by atoms with van der Waals surface area (Å²) >= 11 is 9.29. The average molecular weight is 288 g/mol. The van der Waals surface area contributed by atoms with E-state index in [-0.39, 0.29) is 5.92 Å². The normalized spacial score (nSPS) is 12.1. The van der Waals surface area contributed by atoms with Gasteiger partial charge in [0.2, 0.25) is 0 Å². The van der Waals surface area contributed by atoms with E-state index in [1.54, 1.807) is 0 Å². The fraction of sp³-hybridized carbons (Fsp3) is 0.364. The molecule has 0 amide bonds. The summed E-state index contributed by atoms with van der Waals surface area (Å²) in [6.45, 7) is 3.32. The zero-order valence-electron chi connectivity index (χ0n) is 8.43. The standard InChI is InChI=1S/C11H12BrClN2/c1-8(5-14)6-15-7-9-2-3-10(12)11(13)4-9/h2-4,8,15H,6-7H2,1H3. The van der Waals surface area contributed by atoms with Crippen LogP contribution in [0.25, 0.3) is 0 Å². The quantitative estimate of drug-likeness (QED) is 0.922. The van der Waals surface area contributed by atoms with Gasteiger partial charge in [0.25, 0.3) is 0 Å². The van der Waals surface area contributed by atoms with Crippen LogP contribution in [0.1, 0.15) is 12.5 Å². The van der Waals surface area contributed by atoms with E-state index in [1.807, 2.05) is 25.1 Å². The number of nitriles is 1. The maximum absolute atomic E-state index is 8.60. The summed E-state index contributed by atoms with van der Waals surface area (Å²) in [4.78, 5) is 0. The van der Waals surface area contributed by atoms with Gasteiger partial charge in [0.1, 0.15) is 0 Å². The van der Waals surface area contributed by atoms with Gasteiger partial charge in [-0.25, -0.2) is 0 Å². The van der Waals surface area contributed by atoms with E-state index < -0.39 is 0 Å². The molecule has 0 spiro atoms. The number of nitrogens with zero attached hydrogens (tertiary/aromatic N) is 1. The third-order valence-corrected chi connectivity index (χ3v) is 3.22. The van der Waals surface area contributed by atoms with Crippen LogP contribution in [0.4, 0.5) is 0 Å². The van der Waals surface area contributed by atoms with Gasteiger partial charge in [-0.3, -0.25) is 0 Å². The Hall–Kier alpha value is -0.560. The van der Waals surface area contributed by atoms with Gasteiger partial charge in [0, 0.05) is 17.6 Å². The number of nitrogens with one attached hydrogen (secondary N) is 1. The molecule has 1 unspecified atom stereocenters. The molecule has 1 N–H and O–H groups in total. The lowest BCUT2D eigenvalue weighted by atomic mass is 10.2. The third-order valence-electron chi connectivity index (χ3n) is 1.98. The first-order valence-corrected chi connectivity index (χ1v) is 5.85.